The maximum atomic E-state index is 12.0. The smallest absolute Gasteiger partial charge is 0.317 e. The Kier molecular flexibility index (Phi) is 5.44. The molecule has 1 heterocycles. The summed E-state index contributed by atoms with van der Waals surface area (Å²) in [6.07, 6.45) is 1.12. The van der Waals surface area contributed by atoms with Crippen molar-refractivity contribution in [1.29, 1.82) is 0 Å². The first-order valence-electron chi connectivity index (χ1n) is 7.49. The van der Waals surface area contributed by atoms with E-state index in [1.54, 1.807) is 4.90 Å². The van der Waals surface area contributed by atoms with Gasteiger partial charge in [-0.25, -0.2) is 4.79 Å². The fourth-order valence-electron chi connectivity index (χ4n) is 2.44. The molecular formula is C16H24N2O3. The first-order valence-corrected chi connectivity index (χ1v) is 7.49. The van der Waals surface area contributed by atoms with E-state index < -0.39 is 6.10 Å². The van der Waals surface area contributed by atoms with Crippen molar-refractivity contribution >= 4 is 6.03 Å². The molecule has 2 N–H and O–H groups in total. The Hall–Kier alpha value is -1.75. The van der Waals surface area contributed by atoms with Gasteiger partial charge in [-0.15, -0.1) is 0 Å². The Morgan fingerprint density at radius 2 is 2.38 bits per heavy atom. The maximum Gasteiger partial charge on any atom is 0.317 e. The molecule has 0 saturated carbocycles. The highest BCUT2D eigenvalue weighted by Gasteiger charge is 2.22. The van der Waals surface area contributed by atoms with Gasteiger partial charge in [-0.05, 0) is 44.4 Å². The van der Waals surface area contributed by atoms with Crippen LogP contribution in [0.4, 0.5) is 4.79 Å². The average molecular weight is 292 g/mol. The molecule has 1 aliphatic rings. The topological polar surface area (TPSA) is 61.8 Å². The molecule has 1 saturated heterocycles. The van der Waals surface area contributed by atoms with E-state index in [0.717, 1.165) is 24.2 Å². The number of aliphatic hydroxyl groups is 1. The third-order valence-electron chi connectivity index (χ3n) is 3.55. The molecule has 5 nitrogen and oxygen atoms in total. The summed E-state index contributed by atoms with van der Waals surface area (Å²) in [5.41, 5.74) is 1.14. The zero-order valence-corrected chi connectivity index (χ0v) is 12.7. The van der Waals surface area contributed by atoms with Crippen molar-refractivity contribution in [3.05, 3.63) is 29.8 Å². The Labute approximate surface area is 125 Å². The molecule has 1 aromatic rings. The first kappa shape index (κ1) is 15.6. The number of aryl methyl sites for hydroxylation is 1. The summed E-state index contributed by atoms with van der Waals surface area (Å²) < 4.78 is 5.77. The van der Waals surface area contributed by atoms with Crippen LogP contribution in [0.25, 0.3) is 0 Å². The fraction of sp³-hybridized carbons (Fsp3) is 0.562. The van der Waals surface area contributed by atoms with E-state index in [2.05, 4.69) is 5.32 Å². The van der Waals surface area contributed by atoms with Gasteiger partial charge in [0.25, 0.3) is 0 Å². The number of ether oxygens (including phenoxy) is 1. The Morgan fingerprint density at radius 1 is 1.57 bits per heavy atom. The van der Waals surface area contributed by atoms with Gasteiger partial charge in [0.2, 0.25) is 0 Å². The highest BCUT2D eigenvalue weighted by atomic mass is 16.5. The molecule has 0 bridgehead atoms. The lowest BCUT2D eigenvalue weighted by atomic mass is 10.1. The number of carbonyl (C=O) groups excluding carboxylic acids is 1. The number of hydrogen-bond acceptors (Lipinski definition) is 3. The van der Waals surface area contributed by atoms with E-state index in [1.807, 2.05) is 38.1 Å². The van der Waals surface area contributed by atoms with Gasteiger partial charge >= 0.3 is 6.03 Å². The number of aliphatic hydroxyl groups excluding tert-OH is 1. The SMILES string of the molecule is Cc1cccc(OC(C)CNC(=O)N2CCCC(O)C2)c1. The van der Waals surface area contributed by atoms with Crippen molar-refractivity contribution in [1.82, 2.24) is 10.2 Å². The first-order chi connectivity index (χ1) is 10.0. The summed E-state index contributed by atoms with van der Waals surface area (Å²) in [4.78, 5) is 13.7. The summed E-state index contributed by atoms with van der Waals surface area (Å²) in [5, 5.41) is 12.4. The van der Waals surface area contributed by atoms with E-state index >= 15 is 0 Å². The lowest BCUT2D eigenvalue weighted by Crippen LogP contribution is -2.48. The molecule has 0 aromatic heterocycles. The van der Waals surface area contributed by atoms with Gasteiger partial charge in [0.05, 0.1) is 12.6 Å². The summed E-state index contributed by atoms with van der Waals surface area (Å²) in [5.74, 6) is 0.810. The molecule has 0 spiro atoms. The Morgan fingerprint density at radius 3 is 3.10 bits per heavy atom. The molecule has 1 aromatic carbocycles. The number of benzene rings is 1. The number of hydrogen-bond donors (Lipinski definition) is 2. The quantitative estimate of drug-likeness (QED) is 0.891. The minimum Gasteiger partial charge on any atom is -0.489 e. The van der Waals surface area contributed by atoms with Crippen LogP contribution in [0.3, 0.4) is 0 Å². The summed E-state index contributed by atoms with van der Waals surface area (Å²) in [6.45, 7) is 5.50. The predicted molar refractivity (Wildman–Crippen MR) is 81.5 cm³/mol. The number of rotatable bonds is 4. The lowest BCUT2D eigenvalue weighted by molar-refractivity contribution is 0.0832. The number of amides is 2. The van der Waals surface area contributed by atoms with Crippen LogP contribution in [0.5, 0.6) is 5.75 Å². The van der Waals surface area contributed by atoms with Crippen molar-refractivity contribution in [3.63, 3.8) is 0 Å². The van der Waals surface area contributed by atoms with E-state index in [9.17, 15) is 9.90 Å². The maximum absolute atomic E-state index is 12.0. The van der Waals surface area contributed by atoms with E-state index in [1.165, 1.54) is 0 Å². The molecule has 2 amide bonds. The normalized spacial score (nSPS) is 20.0. The van der Waals surface area contributed by atoms with Gasteiger partial charge in [0.15, 0.2) is 0 Å². The number of nitrogens with one attached hydrogen (secondary N) is 1. The van der Waals surface area contributed by atoms with E-state index in [-0.39, 0.29) is 12.1 Å². The highest BCUT2D eigenvalue weighted by molar-refractivity contribution is 5.74. The van der Waals surface area contributed by atoms with Crippen LogP contribution in [-0.2, 0) is 0 Å². The number of urea groups is 1. The minimum atomic E-state index is -0.398. The number of piperidine rings is 1. The van der Waals surface area contributed by atoms with Crippen LogP contribution in [0.1, 0.15) is 25.3 Å². The molecule has 2 rings (SSSR count). The summed E-state index contributed by atoms with van der Waals surface area (Å²) in [7, 11) is 0. The number of nitrogens with zero attached hydrogens (tertiary/aromatic N) is 1. The second-order valence-corrected chi connectivity index (χ2v) is 5.67. The monoisotopic (exact) mass is 292 g/mol. The molecule has 5 heteroatoms. The highest BCUT2D eigenvalue weighted by Crippen LogP contribution is 2.14. The Balaban J connectivity index is 1.75. The molecule has 116 valence electrons. The second-order valence-electron chi connectivity index (χ2n) is 5.67. The third-order valence-corrected chi connectivity index (χ3v) is 3.55. The zero-order valence-electron chi connectivity index (χ0n) is 12.7. The number of likely N-dealkylation sites (tertiary alicyclic amines) is 1. The van der Waals surface area contributed by atoms with Gasteiger partial charge in [0, 0.05) is 13.1 Å². The summed E-state index contributed by atoms with van der Waals surface area (Å²) in [6, 6.07) is 7.71. The van der Waals surface area contributed by atoms with E-state index in [0.29, 0.717) is 19.6 Å². The summed E-state index contributed by atoms with van der Waals surface area (Å²) >= 11 is 0. The van der Waals surface area contributed by atoms with Crippen molar-refractivity contribution in [2.45, 2.75) is 38.9 Å². The number of β-amino-alcohol motifs (C(OH)–C–C–N with tert-alkyl or cyclic N) is 1. The number of carbonyl (C=O) groups is 1. The lowest BCUT2D eigenvalue weighted by Gasteiger charge is -2.30. The van der Waals surface area contributed by atoms with E-state index in [4.69, 9.17) is 4.74 Å². The van der Waals surface area contributed by atoms with Gasteiger partial charge in [-0.2, -0.15) is 0 Å². The van der Waals surface area contributed by atoms with Gasteiger partial charge in [-0.3, -0.25) is 0 Å². The third kappa shape index (κ3) is 4.93. The molecule has 2 atom stereocenters. The zero-order chi connectivity index (χ0) is 15.2. The molecule has 1 aliphatic heterocycles. The van der Waals surface area contributed by atoms with Crippen molar-refractivity contribution in [2.75, 3.05) is 19.6 Å². The second kappa shape index (κ2) is 7.31. The van der Waals surface area contributed by atoms with Crippen LogP contribution < -0.4 is 10.1 Å². The molecular weight excluding hydrogens is 268 g/mol. The van der Waals surface area contributed by atoms with Gasteiger partial charge in [0.1, 0.15) is 11.9 Å². The largest absolute Gasteiger partial charge is 0.489 e. The average Bonchev–Trinajstić information content (AvgIpc) is 2.45. The van der Waals surface area contributed by atoms with Crippen LogP contribution >= 0.6 is 0 Å². The van der Waals surface area contributed by atoms with Crippen molar-refractivity contribution in [2.24, 2.45) is 0 Å². The molecule has 0 aliphatic carbocycles. The van der Waals surface area contributed by atoms with Gasteiger partial charge in [-0.1, -0.05) is 12.1 Å². The van der Waals surface area contributed by atoms with Crippen LogP contribution in [0.2, 0.25) is 0 Å². The standard InChI is InChI=1S/C16H24N2O3/c1-12-5-3-7-15(9-12)21-13(2)10-17-16(20)18-8-4-6-14(19)11-18/h3,5,7,9,13-14,19H,4,6,8,10-11H2,1-2H3,(H,17,20). The van der Waals surface area contributed by atoms with Gasteiger partial charge < -0.3 is 20.1 Å². The van der Waals surface area contributed by atoms with Crippen LogP contribution in [-0.4, -0.2) is 47.9 Å². The molecule has 21 heavy (non-hydrogen) atoms. The predicted octanol–water partition coefficient (Wildman–Crippen LogP) is 1.93. The van der Waals surface area contributed by atoms with Crippen molar-refractivity contribution in [3.8, 4) is 5.75 Å². The molecule has 1 fully saturated rings. The van der Waals surface area contributed by atoms with Crippen molar-refractivity contribution < 1.29 is 14.6 Å². The minimum absolute atomic E-state index is 0.106. The van der Waals surface area contributed by atoms with Crippen LogP contribution in [0.15, 0.2) is 24.3 Å². The van der Waals surface area contributed by atoms with Crippen LogP contribution in [0, 0.1) is 6.92 Å². The Bertz CT molecular complexity index is 478. The molecule has 2 unspecified atom stereocenters. The fourth-order valence-corrected chi connectivity index (χ4v) is 2.44. The molecule has 0 radical (unpaired) electrons.